The first-order valence-electron chi connectivity index (χ1n) is 11.0. The van der Waals surface area contributed by atoms with Crippen molar-refractivity contribution >= 4 is 28.5 Å². The number of hydrazone groups is 1. The van der Waals surface area contributed by atoms with Crippen LogP contribution in [0.4, 0.5) is 0 Å². The van der Waals surface area contributed by atoms with E-state index < -0.39 is 0 Å². The molecule has 1 N–H and O–H groups in total. The quantitative estimate of drug-likeness (QED) is 0.707. The molecular formula is C24H30N4OS. The highest BCUT2D eigenvalue weighted by Gasteiger charge is 2.46. The molecule has 0 spiro atoms. The second-order valence-electron chi connectivity index (χ2n) is 9.76. The van der Waals surface area contributed by atoms with Gasteiger partial charge in [0.05, 0.1) is 5.36 Å². The molecule has 1 aromatic rings. The zero-order valence-corrected chi connectivity index (χ0v) is 19.0. The van der Waals surface area contributed by atoms with Crippen molar-refractivity contribution in [2.75, 3.05) is 6.26 Å². The zero-order chi connectivity index (χ0) is 21.0. The number of amides is 1. The number of para-hydroxylation sites is 1. The molecule has 1 saturated carbocycles. The average Bonchev–Trinajstić information content (AvgIpc) is 2.72. The maximum Gasteiger partial charge on any atom is 0.276 e. The number of nitrogens with one attached hydrogen (secondary N) is 1. The fraction of sp³-hybridized carbons (Fsp3) is 0.542. The number of carbonyl (C=O) groups is 1. The molecule has 0 bridgehead atoms. The molecule has 0 saturated heterocycles. The van der Waals surface area contributed by atoms with Crippen LogP contribution in [-0.4, -0.2) is 28.5 Å². The maximum absolute atomic E-state index is 13.1. The summed E-state index contributed by atoms with van der Waals surface area (Å²) in [4.78, 5) is 18.2. The summed E-state index contributed by atoms with van der Waals surface area (Å²) < 4.78 is 0. The van der Waals surface area contributed by atoms with Gasteiger partial charge in [0.15, 0.2) is 5.17 Å². The Morgan fingerprint density at radius 3 is 2.87 bits per heavy atom. The highest BCUT2D eigenvalue weighted by Crippen LogP contribution is 2.52. The molecule has 2 aliphatic carbocycles. The van der Waals surface area contributed by atoms with E-state index in [2.05, 4.69) is 32.2 Å². The number of allylic oxidation sites excluding steroid dienone is 2. The van der Waals surface area contributed by atoms with Crippen LogP contribution < -0.4 is 15.9 Å². The number of benzene rings is 1. The normalized spacial score (nSPS) is 32.1. The maximum atomic E-state index is 13.1. The SMILES string of the molecule is CSC1=NN2C(=c3ccccc3=N[C@@H]2[C@@H]2C[C@@H]3C(=CCCC3(C)C)C[C@@H]2C)C(=O)N1. The number of hydrogen-bond donors (Lipinski definition) is 1. The molecule has 5 nitrogen and oxygen atoms in total. The molecule has 158 valence electrons. The number of amidine groups is 1. The van der Waals surface area contributed by atoms with Crippen molar-refractivity contribution in [2.24, 2.45) is 33.3 Å². The van der Waals surface area contributed by atoms with Crippen molar-refractivity contribution in [3.8, 4) is 0 Å². The van der Waals surface area contributed by atoms with Gasteiger partial charge in [-0.2, -0.15) is 0 Å². The van der Waals surface area contributed by atoms with E-state index in [0.717, 1.165) is 23.4 Å². The lowest BCUT2D eigenvalue weighted by atomic mass is 9.58. The van der Waals surface area contributed by atoms with Gasteiger partial charge in [-0.3, -0.25) is 15.1 Å². The van der Waals surface area contributed by atoms with Gasteiger partial charge >= 0.3 is 0 Å². The summed E-state index contributed by atoms with van der Waals surface area (Å²) >= 11 is 1.47. The Labute approximate surface area is 182 Å². The highest BCUT2D eigenvalue weighted by molar-refractivity contribution is 8.13. The number of thioether (sulfide) groups is 1. The minimum Gasteiger partial charge on any atom is -0.298 e. The van der Waals surface area contributed by atoms with Gasteiger partial charge in [-0.15, -0.1) is 5.10 Å². The zero-order valence-electron chi connectivity index (χ0n) is 18.2. The van der Waals surface area contributed by atoms with Gasteiger partial charge in [0.1, 0.15) is 11.9 Å². The minimum absolute atomic E-state index is 0.0799. The molecule has 6 heteroatoms. The smallest absolute Gasteiger partial charge is 0.276 e. The third-order valence-corrected chi connectivity index (χ3v) is 8.07. The van der Waals surface area contributed by atoms with Gasteiger partial charge in [-0.25, -0.2) is 5.01 Å². The van der Waals surface area contributed by atoms with Crippen LogP contribution in [0.25, 0.3) is 5.70 Å². The molecule has 30 heavy (non-hydrogen) atoms. The summed E-state index contributed by atoms with van der Waals surface area (Å²) in [6.07, 6.45) is 8.96. The van der Waals surface area contributed by atoms with Crippen LogP contribution in [0.2, 0.25) is 0 Å². The van der Waals surface area contributed by atoms with E-state index in [0.29, 0.717) is 34.0 Å². The molecule has 0 radical (unpaired) electrons. The van der Waals surface area contributed by atoms with Gasteiger partial charge in [-0.05, 0) is 55.3 Å². The summed E-state index contributed by atoms with van der Waals surface area (Å²) in [5.74, 6) is 1.36. The largest absolute Gasteiger partial charge is 0.298 e. The molecule has 4 atom stereocenters. The van der Waals surface area contributed by atoms with E-state index in [9.17, 15) is 4.79 Å². The molecule has 0 aromatic heterocycles. The van der Waals surface area contributed by atoms with Crippen molar-refractivity contribution < 1.29 is 4.79 Å². The monoisotopic (exact) mass is 422 g/mol. The third kappa shape index (κ3) is 3.11. The van der Waals surface area contributed by atoms with E-state index in [1.807, 2.05) is 35.5 Å². The van der Waals surface area contributed by atoms with Crippen LogP contribution in [0.1, 0.15) is 46.5 Å². The van der Waals surface area contributed by atoms with Crippen molar-refractivity contribution in [1.82, 2.24) is 10.3 Å². The topological polar surface area (TPSA) is 57.1 Å². The van der Waals surface area contributed by atoms with Gasteiger partial charge in [-0.1, -0.05) is 62.4 Å². The van der Waals surface area contributed by atoms with Gasteiger partial charge < -0.3 is 0 Å². The Hall–Kier alpha value is -2.08. The Morgan fingerprint density at radius 1 is 1.27 bits per heavy atom. The van der Waals surface area contributed by atoms with Gasteiger partial charge in [0.25, 0.3) is 5.91 Å². The number of hydrogen-bond acceptors (Lipinski definition) is 5. The first kappa shape index (κ1) is 19.9. The Bertz CT molecular complexity index is 1070. The molecule has 4 aliphatic rings. The summed E-state index contributed by atoms with van der Waals surface area (Å²) in [5.41, 5.74) is 2.59. The second-order valence-corrected chi connectivity index (χ2v) is 10.6. The average molecular weight is 423 g/mol. The summed E-state index contributed by atoms with van der Waals surface area (Å²) in [6, 6.07) is 7.97. The molecule has 1 amide bonds. The van der Waals surface area contributed by atoms with Crippen LogP contribution in [0.15, 0.2) is 46.0 Å². The number of nitrogens with zero attached hydrogens (tertiary/aromatic N) is 3. The molecule has 1 fully saturated rings. The van der Waals surface area contributed by atoms with Crippen LogP contribution in [0, 0.1) is 23.2 Å². The molecular weight excluding hydrogens is 392 g/mol. The van der Waals surface area contributed by atoms with Crippen molar-refractivity contribution in [2.45, 2.75) is 52.6 Å². The van der Waals surface area contributed by atoms with Crippen molar-refractivity contribution in [3.63, 3.8) is 0 Å². The fourth-order valence-corrected chi connectivity index (χ4v) is 6.17. The van der Waals surface area contributed by atoms with E-state index in [4.69, 9.17) is 10.1 Å². The number of carbonyl (C=O) groups excluding carboxylic acids is 1. The van der Waals surface area contributed by atoms with Crippen LogP contribution in [-0.2, 0) is 4.79 Å². The Morgan fingerprint density at radius 2 is 2.07 bits per heavy atom. The second kappa shape index (κ2) is 7.26. The van der Waals surface area contributed by atoms with Crippen LogP contribution in [0.5, 0.6) is 0 Å². The van der Waals surface area contributed by atoms with E-state index in [1.165, 1.54) is 24.6 Å². The van der Waals surface area contributed by atoms with Crippen molar-refractivity contribution in [3.05, 3.63) is 46.5 Å². The summed E-state index contributed by atoms with van der Waals surface area (Å²) in [6.45, 7) is 7.18. The first-order chi connectivity index (χ1) is 14.4. The van der Waals surface area contributed by atoms with E-state index in [-0.39, 0.29) is 12.1 Å². The predicted octanol–water partition coefficient (Wildman–Crippen LogP) is 3.23. The number of fused-ring (bicyclic) bond motifs is 3. The first-order valence-corrected chi connectivity index (χ1v) is 12.2. The fourth-order valence-electron chi connectivity index (χ4n) is 5.81. The molecule has 0 unspecified atom stereocenters. The molecule has 5 rings (SSSR count). The lowest BCUT2D eigenvalue weighted by Crippen LogP contribution is -2.56. The molecule has 1 aromatic carbocycles. The van der Waals surface area contributed by atoms with E-state index >= 15 is 0 Å². The standard InChI is InChI=1S/C24H30N4OS/c1-14-12-15-8-7-11-24(2,3)18(15)13-17(14)21-25-19-10-6-5-9-16(19)20-22(29)26-23(30-4)27-28(20)21/h5-6,8-10,14,17-18,21H,7,11-13H2,1-4H3,(H,26,27,29)/t14-,17+,18+,21-/m0/s1. The van der Waals surface area contributed by atoms with Gasteiger partial charge in [0, 0.05) is 11.1 Å². The Balaban J connectivity index is 1.62. The Kier molecular flexibility index (Phi) is 4.80. The lowest BCUT2D eigenvalue weighted by molar-refractivity contribution is -0.116. The van der Waals surface area contributed by atoms with Crippen LogP contribution >= 0.6 is 11.8 Å². The lowest BCUT2D eigenvalue weighted by Gasteiger charge is -2.49. The van der Waals surface area contributed by atoms with Gasteiger partial charge in [0.2, 0.25) is 0 Å². The molecule has 2 aliphatic heterocycles. The third-order valence-electron chi connectivity index (χ3n) is 7.50. The van der Waals surface area contributed by atoms with E-state index in [1.54, 1.807) is 5.57 Å². The summed E-state index contributed by atoms with van der Waals surface area (Å²) in [7, 11) is 0. The highest BCUT2D eigenvalue weighted by atomic mass is 32.2. The minimum atomic E-state index is -0.141. The number of rotatable bonds is 1. The predicted molar refractivity (Wildman–Crippen MR) is 122 cm³/mol. The molecule has 2 heterocycles. The summed E-state index contributed by atoms with van der Waals surface area (Å²) in [5, 5.41) is 12.1. The van der Waals surface area contributed by atoms with Crippen molar-refractivity contribution in [1.29, 1.82) is 0 Å². The van der Waals surface area contributed by atoms with Crippen LogP contribution in [0.3, 0.4) is 0 Å².